The van der Waals surface area contributed by atoms with Crippen molar-refractivity contribution in [1.29, 1.82) is 0 Å². The lowest BCUT2D eigenvalue weighted by Crippen LogP contribution is -1.86. The molecular weight excluding hydrogens is 207 g/mol. The van der Waals surface area contributed by atoms with Crippen LogP contribution >= 0.6 is 19.0 Å². The topological polar surface area (TPSA) is 18.5 Å². The van der Waals surface area contributed by atoms with Crippen LogP contribution in [0.5, 0.6) is 5.75 Å². The molecule has 4 heteroatoms. The highest BCUT2D eigenvalue weighted by Crippen LogP contribution is 2.43. The summed E-state index contributed by atoms with van der Waals surface area (Å²) >= 11 is 5.71. The summed E-state index contributed by atoms with van der Waals surface area (Å²) in [6, 6.07) is 5.84. The molecule has 0 fully saturated rings. The Morgan fingerprint density at radius 1 is 1.23 bits per heavy atom. The average Bonchev–Trinajstić information content (AvgIpc) is 2.11. The van der Waals surface area contributed by atoms with E-state index in [0.717, 1.165) is 5.75 Å². The van der Waals surface area contributed by atoms with Crippen molar-refractivity contribution >= 4 is 19.0 Å². The molecule has 2 nitrogen and oxygen atoms in total. The number of halogens is 1. The van der Waals surface area contributed by atoms with Crippen LogP contribution in [0.2, 0.25) is 0 Å². The van der Waals surface area contributed by atoms with Gasteiger partial charge in [-0.25, -0.2) is 0 Å². The molecule has 1 atom stereocenters. The lowest BCUT2D eigenvalue weighted by molar-refractivity contribution is 0.410. The molecule has 72 valence electrons. The first-order valence-electron chi connectivity index (χ1n) is 3.88. The van der Waals surface area contributed by atoms with Crippen LogP contribution < -0.4 is 4.52 Å². The van der Waals surface area contributed by atoms with E-state index in [-0.39, 0.29) is 0 Å². The summed E-state index contributed by atoms with van der Waals surface area (Å²) in [6.45, 7) is 4.09. The van der Waals surface area contributed by atoms with Gasteiger partial charge in [0.15, 0.2) is 0 Å². The first kappa shape index (κ1) is 10.8. The van der Waals surface area contributed by atoms with E-state index >= 15 is 0 Å². The van der Waals surface area contributed by atoms with Crippen molar-refractivity contribution in [2.24, 2.45) is 0 Å². The van der Waals surface area contributed by atoms with Crippen LogP contribution in [0.1, 0.15) is 11.1 Å². The minimum Gasteiger partial charge on any atom is -0.436 e. The van der Waals surface area contributed by atoms with E-state index in [4.69, 9.17) is 20.3 Å². The molecule has 0 aliphatic heterocycles. The molecule has 0 bridgehead atoms. The van der Waals surface area contributed by atoms with E-state index in [1.165, 1.54) is 18.2 Å². The van der Waals surface area contributed by atoms with E-state index in [9.17, 15) is 0 Å². The molecule has 1 rings (SSSR count). The molecule has 0 aliphatic rings. The van der Waals surface area contributed by atoms with Crippen LogP contribution in [0.3, 0.4) is 0 Å². The van der Waals surface area contributed by atoms with Crippen LogP contribution in [-0.4, -0.2) is 7.11 Å². The molecule has 0 saturated heterocycles. The van der Waals surface area contributed by atoms with Gasteiger partial charge in [-0.3, -0.25) is 0 Å². The normalized spacial score (nSPS) is 12.6. The summed E-state index contributed by atoms with van der Waals surface area (Å²) in [5.41, 5.74) is 2.43. The highest BCUT2D eigenvalue weighted by molar-refractivity contribution is 7.76. The van der Waals surface area contributed by atoms with Crippen LogP contribution in [0.25, 0.3) is 0 Å². The summed E-state index contributed by atoms with van der Waals surface area (Å²) in [4.78, 5) is 0. The quantitative estimate of drug-likeness (QED) is 0.719. The molecule has 0 radical (unpaired) electrons. The molecule has 0 amide bonds. The second-order valence-electron chi connectivity index (χ2n) is 2.73. The van der Waals surface area contributed by atoms with Gasteiger partial charge in [0.25, 0.3) is 0 Å². The Labute approximate surface area is 84.5 Å². The number of benzene rings is 1. The van der Waals surface area contributed by atoms with E-state index < -0.39 is 7.73 Å². The maximum atomic E-state index is 5.71. The lowest BCUT2D eigenvalue weighted by Gasteiger charge is -2.09. The van der Waals surface area contributed by atoms with Gasteiger partial charge in [0, 0.05) is 7.11 Å². The number of aryl methyl sites for hydroxylation is 2. The van der Waals surface area contributed by atoms with Crippen LogP contribution in [0.15, 0.2) is 18.2 Å². The van der Waals surface area contributed by atoms with Crippen molar-refractivity contribution in [1.82, 2.24) is 0 Å². The summed E-state index contributed by atoms with van der Waals surface area (Å²) in [7, 11) is 0.223. The van der Waals surface area contributed by atoms with Crippen molar-refractivity contribution in [3.8, 4) is 5.75 Å². The van der Waals surface area contributed by atoms with Crippen molar-refractivity contribution in [3.05, 3.63) is 29.3 Å². The SMILES string of the molecule is COP(Cl)Oc1ccc(C)c(C)c1. The fourth-order valence-electron chi connectivity index (χ4n) is 0.891. The zero-order chi connectivity index (χ0) is 9.84. The van der Waals surface area contributed by atoms with Crippen LogP contribution in [0.4, 0.5) is 0 Å². The summed E-state index contributed by atoms with van der Waals surface area (Å²) in [6.07, 6.45) is 0. The Balaban J connectivity index is 2.73. The summed E-state index contributed by atoms with van der Waals surface area (Å²) in [5, 5.41) is 0. The molecule has 0 spiro atoms. The van der Waals surface area contributed by atoms with E-state index in [2.05, 4.69) is 6.92 Å². The van der Waals surface area contributed by atoms with Gasteiger partial charge in [-0.15, -0.1) is 0 Å². The smallest absolute Gasteiger partial charge is 0.338 e. The monoisotopic (exact) mass is 218 g/mol. The molecule has 0 heterocycles. The molecule has 0 aromatic heterocycles. The highest BCUT2D eigenvalue weighted by atomic mass is 35.7. The number of hydrogen-bond acceptors (Lipinski definition) is 2. The number of rotatable bonds is 3. The fraction of sp³-hybridized carbons (Fsp3) is 0.333. The summed E-state index contributed by atoms with van der Waals surface area (Å²) in [5.74, 6) is 0.756. The van der Waals surface area contributed by atoms with E-state index in [1.54, 1.807) is 0 Å². The second kappa shape index (κ2) is 4.80. The standard InChI is InChI=1S/C9H12ClO2P/c1-7-4-5-9(6-8(7)2)12-13(10)11-3/h4-6H,1-3H3. The molecule has 0 saturated carbocycles. The Morgan fingerprint density at radius 2 is 1.92 bits per heavy atom. The minimum absolute atomic E-state index is 0.756. The van der Waals surface area contributed by atoms with Crippen LogP contribution in [-0.2, 0) is 4.52 Å². The van der Waals surface area contributed by atoms with Crippen molar-refractivity contribution < 1.29 is 9.05 Å². The molecule has 0 N–H and O–H groups in total. The van der Waals surface area contributed by atoms with Crippen molar-refractivity contribution in [2.45, 2.75) is 13.8 Å². The molecule has 0 aliphatic carbocycles. The second-order valence-corrected chi connectivity index (χ2v) is 4.53. The Kier molecular flexibility index (Phi) is 3.98. The average molecular weight is 219 g/mol. The van der Waals surface area contributed by atoms with Crippen LogP contribution in [0, 0.1) is 13.8 Å². The molecular formula is C9H12ClO2P. The molecule has 1 aromatic rings. The Morgan fingerprint density at radius 3 is 2.46 bits per heavy atom. The van der Waals surface area contributed by atoms with Gasteiger partial charge in [0.2, 0.25) is 0 Å². The zero-order valence-corrected chi connectivity index (χ0v) is 9.52. The first-order valence-corrected chi connectivity index (χ1v) is 5.97. The van der Waals surface area contributed by atoms with Crippen molar-refractivity contribution in [3.63, 3.8) is 0 Å². The fourth-order valence-corrected chi connectivity index (χ4v) is 1.48. The van der Waals surface area contributed by atoms with Gasteiger partial charge in [-0.05, 0) is 48.3 Å². The summed E-state index contributed by atoms with van der Waals surface area (Å²) < 4.78 is 10.1. The predicted molar refractivity (Wildman–Crippen MR) is 56.3 cm³/mol. The third kappa shape index (κ3) is 3.15. The third-order valence-electron chi connectivity index (χ3n) is 1.80. The Hall–Kier alpha value is -0.300. The third-order valence-corrected chi connectivity index (χ3v) is 3.06. The molecule has 1 aromatic carbocycles. The Bertz CT molecular complexity index is 291. The molecule has 13 heavy (non-hydrogen) atoms. The highest BCUT2D eigenvalue weighted by Gasteiger charge is 2.06. The van der Waals surface area contributed by atoms with Gasteiger partial charge in [0.05, 0.1) is 0 Å². The minimum atomic E-state index is -1.30. The van der Waals surface area contributed by atoms with Crippen molar-refractivity contribution in [2.75, 3.05) is 7.11 Å². The predicted octanol–water partition coefficient (Wildman–Crippen LogP) is 3.79. The van der Waals surface area contributed by atoms with Gasteiger partial charge in [-0.1, -0.05) is 6.07 Å². The van der Waals surface area contributed by atoms with E-state index in [0.29, 0.717) is 0 Å². The number of hydrogen-bond donors (Lipinski definition) is 0. The lowest BCUT2D eigenvalue weighted by atomic mass is 10.1. The van der Waals surface area contributed by atoms with Gasteiger partial charge < -0.3 is 9.05 Å². The van der Waals surface area contributed by atoms with Gasteiger partial charge in [0.1, 0.15) is 5.75 Å². The first-order chi connectivity index (χ1) is 6.13. The zero-order valence-electron chi connectivity index (χ0n) is 7.87. The largest absolute Gasteiger partial charge is 0.436 e. The van der Waals surface area contributed by atoms with Gasteiger partial charge >= 0.3 is 7.73 Å². The van der Waals surface area contributed by atoms with E-state index in [1.807, 2.05) is 25.1 Å². The maximum Gasteiger partial charge on any atom is 0.338 e. The maximum absolute atomic E-state index is 5.71. The molecule has 1 unspecified atom stereocenters. The van der Waals surface area contributed by atoms with Gasteiger partial charge in [-0.2, -0.15) is 0 Å².